The third-order valence-electron chi connectivity index (χ3n) is 4.49. The second-order valence-corrected chi connectivity index (χ2v) is 6.63. The number of hydrogen-bond donors (Lipinski definition) is 1. The number of amides is 1. The second kappa shape index (κ2) is 8.23. The minimum absolute atomic E-state index is 0.141. The van der Waals surface area contributed by atoms with E-state index >= 15 is 0 Å². The Hall–Kier alpha value is -2.24. The Balaban J connectivity index is 1.51. The number of piperazine rings is 1. The van der Waals surface area contributed by atoms with Crippen LogP contribution in [-0.2, 0) is 17.8 Å². The molecule has 0 radical (unpaired) electrons. The van der Waals surface area contributed by atoms with Crippen LogP contribution >= 0.6 is 0 Å². The number of nitrogens with one attached hydrogen (secondary N) is 1. The van der Waals surface area contributed by atoms with E-state index in [0.29, 0.717) is 5.56 Å². The summed E-state index contributed by atoms with van der Waals surface area (Å²) in [7, 11) is 2.15. The molecule has 132 valence electrons. The molecule has 0 saturated carbocycles. The summed E-state index contributed by atoms with van der Waals surface area (Å²) in [5, 5.41) is 2.86. The van der Waals surface area contributed by atoms with Crippen molar-refractivity contribution < 1.29 is 9.18 Å². The Labute approximate surface area is 148 Å². The number of nitrogens with zero attached hydrogens (tertiary/aromatic N) is 2. The van der Waals surface area contributed by atoms with Gasteiger partial charge in [0.05, 0.1) is 6.42 Å². The molecule has 0 aliphatic carbocycles. The van der Waals surface area contributed by atoms with Gasteiger partial charge in [-0.2, -0.15) is 0 Å². The highest BCUT2D eigenvalue weighted by Crippen LogP contribution is 2.13. The Bertz CT molecular complexity index is 709. The maximum absolute atomic E-state index is 13.2. The zero-order valence-corrected chi connectivity index (χ0v) is 14.5. The van der Waals surface area contributed by atoms with Crippen LogP contribution in [0.3, 0.4) is 0 Å². The van der Waals surface area contributed by atoms with Gasteiger partial charge in [-0.05, 0) is 42.4 Å². The van der Waals surface area contributed by atoms with Crippen LogP contribution < -0.4 is 5.32 Å². The summed E-state index contributed by atoms with van der Waals surface area (Å²) in [5.41, 5.74) is 2.68. The van der Waals surface area contributed by atoms with Crippen LogP contribution in [0.25, 0.3) is 0 Å². The molecule has 0 atom stereocenters. The predicted molar refractivity (Wildman–Crippen MR) is 97.9 cm³/mol. The molecule has 1 fully saturated rings. The number of hydrogen-bond acceptors (Lipinski definition) is 3. The van der Waals surface area contributed by atoms with E-state index in [4.69, 9.17) is 0 Å². The first kappa shape index (κ1) is 17.6. The largest absolute Gasteiger partial charge is 0.326 e. The topological polar surface area (TPSA) is 35.6 Å². The quantitative estimate of drug-likeness (QED) is 0.908. The number of likely N-dealkylation sites (N-methyl/N-ethyl adjacent to an activating group) is 1. The first-order valence-corrected chi connectivity index (χ1v) is 8.62. The van der Waals surface area contributed by atoms with Gasteiger partial charge in [-0.3, -0.25) is 9.69 Å². The van der Waals surface area contributed by atoms with E-state index < -0.39 is 0 Å². The molecule has 3 rings (SSSR count). The zero-order valence-electron chi connectivity index (χ0n) is 14.5. The van der Waals surface area contributed by atoms with Crippen LogP contribution in [0.15, 0.2) is 48.5 Å². The number of carbonyl (C=O) groups is 1. The molecule has 2 aromatic carbocycles. The van der Waals surface area contributed by atoms with Crippen molar-refractivity contribution in [3.63, 3.8) is 0 Å². The highest BCUT2D eigenvalue weighted by Gasteiger charge is 2.13. The zero-order chi connectivity index (χ0) is 17.6. The monoisotopic (exact) mass is 341 g/mol. The standard InChI is InChI=1S/C20H24FN3O/c1-23-9-11-24(12-10-23)15-16-5-7-19(8-6-16)22-20(25)14-17-3-2-4-18(21)13-17/h2-8,13H,9-12,14-15H2,1H3,(H,22,25). The van der Waals surface area contributed by atoms with Crippen LogP contribution in [0.4, 0.5) is 10.1 Å². The maximum atomic E-state index is 13.2. The third kappa shape index (κ3) is 5.37. The highest BCUT2D eigenvalue weighted by molar-refractivity contribution is 5.92. The summed E-state index contributed by atoms with van der Waals surface area (Å²) in [6.07, 6.45) is 0.167. The minimum Gasteiger partial charge on any atom is -0.326 e. The van der Waals surface area contributed by atoms with Crippen molar-refractivity contribution in [2.75, 3.05) is 38.5 Å². The van der Waals surface area contributed by atoms with Crippen molar-refractivity contribution in [1.29, 1.82) is 0 Å². The highest BCUT2D eigenvalue weighted by atomic mass is 19.1. The number of anilines is 1. The Kier molecular flexibility index (Phi) is 5.79. The molecule has 2 aromatic rings. The molecule has 1 aliphatic rings. The van der Waals surface area contributed by atoms with Gasteiger partial charge in [-0.15, -0.1) is 0 Å². The number of carbonyl (C=O) groups excluding carboxylic acids is 1. The van der Waals surface area contributed by atoms with Crippen molar-refractivity contribution in [3.8, 4) is 0 Å². The predicted octanol–water partition coefficient (Wildman–Crippen LogP) is 2.75. The average molecular weight is 341 g/mol. The molecular weight excluding hydrogens is 317 g/mol. The van der Waals surface area contributed by atoms with Gasteiger partial charge < -0.3 is 10.2 Å². The molecule has 5 heteroatoms. The molecular formula is C20H24FN3O. The Morgan fingerprint density at radius 1 is 1.04 bits per heavy atom. The van der Waals surface area contributed by atoms with Crippen molar-refractivity contribution in [2.24, 2.45) is 0 Å². The first-order chi connectivity index (χ1) is 12.1. The third-order valence-corrected chi connectivity index (χ3v) is 4.49. The molecule has 4 nitrogen and oxygen atoms in total. The lowest BCUT2D eigenvalue weighted by molar-refractivity contribution is -0.115. The summed E-state index contributed by atoms with van der Waals surface area (Å²) in [6.45, 7) is 5.32. The maximum Gasteiger partial charge on any atom is 0.228 e. The van der Waals surface area contributed by atoms with Gasteiger partial charge in [0.2, 0.25) is 5.91 Å². The van der Waals surface area contributed by atoms with Crippen LogP contribution in [0, 0.1) is 5.82 Å². The van der Waals surface area contributed by atoms with Crippen molar-refractivity contribution >= 4 is 11.6 Å². The summed E-state index contributed by atoms with van der Waals surface area (Å²) in [5.74, 6) is -0.462. The fourth-order valence-corrected chi connectivity index (χ4v) is 3.00. The molecule has 0 unspecified atom stereocenters. The van der Waals surface area contributed by atoms with E-state index in [1.807, 2.05) is 12.1 Å². The molecule has 1 aliphatic heterocycles. The lowest BCUT2D eigenvalue weighted by Gasteiger charge is -2.32. The molecule has 1 N–H and O–H groups in total. The van der Waals surface area contributed by atoms with E-state index in [9.17, 15) is 9.18 Å². The van der Waals surface area contributed by atoms with Crippen LogP contribution in [0.5, 0.6) is 0 Å². The fraction of sp³-hybridized carbons (Fsp3) is 0.350. The van der Waals surface area contributed by atoms with Gasteiger partial charge in [-0.1, -0.05) is 24.3 Å². The summed E-state index contributed by atoms with van der Waals surface area (Å²) in [6, 6.07) is 14.1. The van der Waals surface area contributed by atoms with E-state index in [0.717, 1.165) is 38.4 Å². The minimum atomic E-state index is -0.321. The molecule has 0 bridgehead atoms. The van der Waals surface area contributed by atoms with Crippen LogP contribution in [0.2, 0.25) is 0 Å². The normalized spacial score (nSPS) is 15.9. The van der Waals surface area contributed by atoms with Crippen molar-refractivity contribution in [1.82, 2.24) is 9.80 Å². The molecule has 1 saturated heterocycles. The molecule has 25 heavy (non-hydrogen) atoms. The van der Waals surface area contributed by atoms with Gasteiger partial charge in [0.15, 0.2) is 0 Å². The van der Waals surface area contributed by atoms with E-state index in [1.165, 1.54) is 17.7 Å². The summed E-state index contributed by atoms with van der Waals surface area (Å²) >= 11 is 0. The van der Waals surface area contributed by atoms with E-state index in [2.05, 4.69) is 34.3 Å². The SMILES string of the molecule is CN1CCN(Cc2ccc(NC(=O)Cc3cccc(F)c3)cc2)CC1. The molecule has 1 heterocycles. The van der Waals surface area contributed by atoms with Crippen molar-refractivity contribution in [3.05, 3.63) is 65.5 Å². The van der Waals surface area contributed by atoms with Gasteiger partial charge in [0, 0.05) is 38.4 Å². The summed E-state index contributed by atoms with van der Waals surface area (Å²) < 4.78 is 13.2. The van der Waals surface area contributed by atoms with Gasteiger partial charge in [0.1, 0.15) is 5.82 Å². The molecule has 0 spiro atoms. The number of benzene rings is 2. The first-order valence-electron chi connectivity index (χ1n) is 8.62. The number of halogens is 1. The summed E-state index contributed by atoms with van der Waals surface area (Å²) in [4.78, 5) is 16.9. The lowest BCUT2D eigenvalue weighted by Crippen LogP contribution is -2.43. The molecule has 1 amide bonds. The van der Waals surface area contributed by atoms with Crippen LogP contribution in [-0.4, -0.2) is 48.9 Å². The van der Waals surface area contributed by atoms with E-state index in [-0.39, 0.29) is 18.1 Å². The van der Waals surface area contributed by atoms with Gasteiger partial charge in [0.25, 0.3) is 0 Å². The Morgan fingerprint density at radius 2 is 1.76 bits per heavy atom. The number of rotatable bonds is 5. The van der Waals surface area contributed by atoms with Crippen molar-refractivity contribution in [2.45, 2.75) is 13.0 Å². The smallest absolute Gasteiger partial charge is 0.228 e. The fourth-order valence-electron chi connectivity index (χ4n) is 3.00. The van der Waals surface area contributed by atoms with E-state index in [1.54, 1.807) is 12.1 Å². The van der Waals surface area contributed by atoms with Gasteiger partial charge in [-0.25, -0.2) is 4.39 Å². The molecule has 0 aromatic heterocycles. The van der Waals surface area contributed by atoms with Gasteiger partial charge >= 0.3 is 0 Å². The second-order valence-electron chi connectivity index (χ2n) is 6.63. The Morgan fingerprint density at radius 3 is 2.44 bits per heavy atom. The lowest BCUT2D eigenvalue weighted by atomic mass is 10.1. The van der Waals surface area contributed by atoms with Crippen LogP contribution in [0.1, 0.15) is 11.1 Å². The average Bonchev–Trinajstić information content (AvgIpc) is 2.59.